The first-order valence-corrected chi connectivity index (χ1v) is 13.5. The number of amides is 1. The third kappa shape index (κ3) is 7.74. The lowest BCUT2D eigenvalue weighted by Gasteiger charge is -2.33. The fourth-order valence-corrected chi connectivity index (χ4v) is 4.90. The number of carbonyl (C=O) groups is 1. The van der Waals surface area contributed by atoms with Gasteiger partial charge in [-0.3, -0.25) is 14.6 Å². The van der Waals surface area contributed by atoms with E-state index in [4.69, 9.17) is 4.42 Å². The first kappa shape index (κ1) is 27.5. The quantitative estimate of drug-likeness (QED) is 0.239. The van der Waals surface area contributed by atoms with Crippen LogP contribution in [0, 0.1) is 11.6 Å². The number of carbonyl (C=O) groups excluding carboxylic acids is 1. The molecule has 5 rings (SSSR count). The summed E-state index contributed by atoms with van der Waals surface area (Å²) in [7, 11) is 0. The molecule has 0 atom stereocenters. The molecule has 0 N–H and O–H groups in total. The van der Waals surface area contributed by atoms with E-state index in [9.17, 15) is 13.6 Å². The highest BCUT2D eigenvalue weighted by molar-refractivity contribution is 5.91. The number of furan rings is 1. The summed E-state index contributed by atoms with van der Waals surface area (Å²) in [5, 5.41) is 0. The lowest BCUT2D eigenvalue weighted by molar-refractivity contribution is 0.0615. The van der Waals surface area contributed by atoms with Gasteiger partial charge in [-0.05, 0) is 53.1 Å². The zero-order valence-corrected chi connectivity index (χ0v) is 22.4. The van der Waals surface area contributed by atoms with Crippen molar-refractivity contribution >= 4 is 12.0 Å². The van der Waals surface area contributed by atoms with Gasteiger partial charge in [-0.25, -0.2) is 8.78 Å². The second kappa shape index (κ2) is 13.3. The van der Waals surface area contributed by atoms with Crippen molar-refractivity contribution in [1.82, 2.24) is 14.7 Å². The molecule has 7 heteroatoms. The Hall–Kier alpha value is -4.07. The lowest BCUT2D eigenvalue weighted by Crippen LogP contribution is -2.48. The van der Waals surface area contributed by atoms with Gasteiger partial charge in [0.2, 0.25) is 0 Å². The van der Waals surface area contributed by atoms with Gasteiger partial charge in [-0.15, -0.1) is 0 Å². The van der Waals surface area contributed by atoms with E-state index in [1.807, 2.05) is 35.2 Å². The van der Waals surface area contributed by atoms with E-state index in [0.717, 1.165) is 30.8 Å². The predicted octanol–water partition coefficient (Wildman–Crippen LogP) is 6.23. The highest BCUT2D eigenvalue weighted by Gasteiger charge is 2.24. The molecule has 1 saturated heterocycles. The monoisotopic (exact) mass is 541 g/mol. The molecule has 3 aromatic carbocycles. The van der Waals surface area contributed by atoms with Crippen molar-refractivity contribution in [1.29, 1.82) is 0 Å². The van der Waals surface area contributed by atoms with Crippen LogP contribution in [0.3, 0.4) is 0 Å². The second-order valence-electron chi connectivity index (χ2n) is 10.1. The summed E-state index contributed by atoms with van der Waals surface area (Å²) >= 11 is 0. The maximum atomic E-state index is 13.8. The normalized spacial score (nSPS) is 14.3. The fraction of sp³-hybridized carbons (Fsp3) is 0.242. The van der Waals surface area contributed by atoms with Crippen LogP contribution >= 0.6 is 0 Å². The number of hydrogen-bond donors (Lipinski definition) is 0. The van der Waals surface area contributed by atoms with Crippen LogP contribution in [0.4, 0.5) is 8.78 Å². The van der Waals surface area contributed by atoms with Crippen LogP contribution in [0.1, 0.15) is 33.0 Å². The minimum Gasteiger partial charge on any atom is -0.455 e. The Morgan fingerprint density at radius 3 is 2.27 bits per heavy atom. The van der Waals surface area contributed by atoms with Gasteiger partial charge in [0.1, 0.15) is 17.4 Å². The minimum absolute atomic E-state index is 0.110. The van der Waals surface area contributed by atoms with Crippen molar-refractivity contribution in [2.24, 2.45) is 0 Å². The van der Waals surface area contributed by atoms with Gasteiger partial charge in [0.05, 0.1) is 6.54 Å². The largest absolute Gasteiger partial charge is 0.455 e. The Balaban J connectivity index is 1.17. The fourth-order valence-electron chi connectivity index (χ4n) is 4.90. The molecule has 1 aliphatic heterocycles. The number of hydrogen-bond acceptors (Lipinski definition) is 4. The Morgan fingerprint density at radius 1 is 0.775 bits per heavy atom. The molecule has 0 radical (unpaired) electrons. The molecule has 0 spiro atoms. The van der Waals surface area contributed by atoms with Gasteiger partial charge in [-0.2, -0.15) is 0 Å². The van der Waals surface area contributed by atoms with Crippen molar-refractivity contribution in [3.05, 3.63) is 137 Å². The minimum atomic E-state index is -0.294. The van der Waals surface area contributed by atoms with Gasteiger partial charge >= 0.3 is 0 Å². The number of piperazine rings is 1. The van der Waals surface area contributed by atoms with Crippen LogP contribution in [0.2, 0.25) is 0 Å². The Morgan fingerprint density at radius 2 is 1.52 bits per heavy atom. The van der Waals surface area contributed by atoms with Crippen molar-refractivity contribution in [3.8, 4) is 0 Å². The van der Waals surface area contributed by atoms with Crippen LogP contribution < -0.4 is 0 Å². The highest BCUT2D eigenvalue weighted by Crippen LogP contribution is 2.19. The first-order chi connectivity index (χ1) is 19.5. The van der Waals surface area contributed by atoms with E-state index in [-0.39, 0.29) is 17.5 Å². The van der Waals surface area contributed by atoms with Gasteiger partial charge in [0.15, 0.2) is 5.76 Å². The molecule has 4 aromatic rings. The maximum absolute atomic E-state index is 13.8. The molecular weight excluding hydrogens is 508 g/mol. The van der Waals surface area contributed by atoms with Crippen LogP contribution in [0.5, 0.6) is 0 Å². The zero-order valence-electron chi connectivity index (χ0n) is 22.4. The van der Waals surface area contributed by atoms with Gasteiger partial charge < -0.3 is 9.32 Å². The first-order valence-electron chi connectivity index (χ1n) is 13.5. The average molecular weight is 542 g/mol. The Kier molecular flexibility index (Phi) is 9.16. The Bertz CT molecular complexity index is 1410. The van der Waals surface area contributed by atoms with Crippen LogP contribution in [0.25, 0.3) is 6.08 Å². The molecule has 2 heterocycles. The van der Waals surface area contributed by atoms with Crippen molar-refractivity contribution in [2.75, 3.05) is 32.7 Å². The van der Waals surface area contributed by atoms with Crippen molar-refractivity contribution in [2.45, 2.75) is 19.6 Å². The summed E-state index contributed by atoms with van der Waals surface area (Å²) in [5.41, 5.74) is 2.93. The maximum Gasteiger partial charge on any atom is 0.289 e. The lowest BCUT2D eigenvalue weighted by atomic mass is 10.1. The molecule has 206 valence electrons. The second-order valence-corrected chi connectivity index (χ2v) is 10.1. The zero-order chi connectivity index (χ0) is 27.7. The molecule has 40 heavy (non-hydrogen) atoms. The van der Waals surface area contributed by atoms with Gasteiger partial charge in [0, 0.05) is 45.8 Å². The molecule has 1 aromatic heterocycles. The topological polar surface area (TPSA) is 39.9 Å². The van der Waals surface area contributed by atoms with E-state index in [1.54, 1.807) is 24.3 Å². The molecule has 5 nitrogen and oxygen atoms in total. The summed E-state index contributed by atoms with van der Waals surface area (Å²) < 4.78 is 33.2. The average Bonchev–Trinajstić information content (AvgIpc) is 3.43. The third-order valence-electron chi connectivity index (χ3n) is 7.00. The van der Waals surface area contributed by atoms with E-state index in [0.29, 0.717) is 44.2 Å². The molecule has 1 aliphatic rings. The van der Waals surface area contributed by atoms with Crippen LogP contribution in [-0.2, 0) is 19.6 Å². The third-order valence-corrected chi connectivity index (χ3v) is 7.00. The summed E-state index contributed by atoms with van der Waals surface area (Å²) in [6.45, 7) is 5.14. The standard InChI is InChI=1S/C33H33F2N3O2/c34-29-13-11-27(12-14-29)23-37(24-28-8-4-10-30(35)22-28)25-31-15-16-32(40-31)33(39)38-20-18-36(19-21-38)17-5-9-26-6-2-1-3-7-26/h1-16,22H,17-21,23-25H2. The Labute approximate surface area is 233 Å². The summed E-state index contributed by atoms with van der Waals surface area (Å²) in [4.78, 5) is 19.4. The van der Waals surface area contributed by atoms with Gasteiger partial charge in [-0.1, -0.05) is 66.7 Å². The molecule has 0 saturated carbocycles. The van der Waals surface area contributed by atoms with Crippen LogP contribution in [-0.4, -0.2) is 53.3 Å². The van der Waals surface area contributed by atoms with Gasteiger partial charge in [0.25, 0.3) is 5.91 Å². The predicted molar refractivity (Wildman–Crippen MR) is 152 cm³/mol. The molecular formula is C33H33F2N3O2. The molecule has 1 fully saturated rings. The van der Waals surface area contributed by atoms with Crippen LogP contribution in [0.15, 0.2) is 101 Å². The summed E-state index contributed by atoms with van der Waals surface area (Å²) in [5.74, 6) is 0.268. The molecule has 0 aliphatic carbocycles. The van der Waals surface area contributed by atoms with E-state index in [2.05, 4.69) is 34.1 Å². The SMILES string of the molecule is O=C(c1ccc(CN(Cc2ccc(F)cc2)Cc2cccc(F)c2)o1)N1CCN(CC=Cc2ccccc2)CC1. The molecule has 1 amide bonds. The summed E-state index contributed by atoms with van der Waals surface area (Å²) in [6.07, 6.45) is 4.28. The number of benzene rings is 3. The van der Waals surface area contributed by atoms with E-state index >= 15 is 0 Å². The number of rotatable bonds is 10. The molecule has 0 bridgehead atoms. The molecule has 0 unspecified atom stereocenters. The highest BCUT2D eigenvalue weighted by atomic mass is 19.1. The van der Waals surface area contributed by atoms with Crippen molar-refractivity contribution in [3.63, 3.8) is 0 Å². The number of nitrogens with zero attached hydrogens (tertiary/aromatic N) is 3. The van der Waals surface area contributed by atoms with E-state index < -0.39 is 0 Å². The smallest absolute Gasteiger partial charge is 0.289 e. The van der Waals surface area contributed by atoms with E-state index in [1.165, 1.54) is 29.8 Å². The van der Waals surface area contributed by atoms with Crippen molar-refractivity contribution < 1.29 is 18.0 Å². The number of halogens is 2. The summed E-state index contributed by atoms with van der Waals surface area (Å²) in [6, 6.07) is 26.6.